The molecular weight excluding hydrogens is 150 g/mol. The van der Waals surface area contributed by atoms with Gasteiger partial charge >= 0.3 is 0 Å². The van der Waals surface area contributed by atoms with Crippen molar-refractivity contribution < 1.29 is 0 Å². The maximum Gasteiger partial charge on any atom is 0.0798 e. The summed E-state index contributed by atoms with van der Waals surface area (Å²) < 4.78 is 0. The molecular formula is C9H17NSi. The molecule has 0 aliphatic heterocycles. The van der Waals surface area contributed by atoms with Gasteiger partial charge in [0.2, 0.25) is 0 Å². The highest BCUT2D eigenvalue weighted by molar-refractivity contribution is 6.84. The predicted octanol–water partition coefficient (Wildman–Crippen LogP) is 2.43. The summed E-state index contributed by atoms with van der Waals surface area (Å²) in [6.45, 7) is 7.01. The Kier molecular flexibility index (Phi) is 2.23. The molecule has 62 valence electrons. The van der Waals surface area contributed by atoms with Crippen molar-refractivity contribution in [2.45, 2.75) is 32.5 Å². The van der Waals surface area contributed by atoms with Gasteiger partial charge in [-0.3, -0.25) is 0 Å². The molecule has 0 aromatic carbocycles. The minimum atomic E-state index is -1.15. The zero-order valence-electron chi connectivity index (χ0n) is 7.65. The largest absolute Gasteiger partial charge is 0.399 e. The molecule has 0 saturated carbocycles. The fourth-order valence-electron chi connectivity index (χ4n) is 1.43. The number of allylic oxidation sites excluding steroid dienone is 3. The molecule has 0 heterocycles. The van der Waals surface area contributed by atoms with Gasteiger partial charge in [-0.15, -0.1) is 0 Å². The summed E-state index contributed by atoms with van der Waals surface area (Å²) in [4.78, 5) is 0. The fourth-order valence-corrected chi connectivity index (χ4v) is 3.16. The first-order chi connectivity index (χ1) is 5.02. The molecule has 2 N–H and O–H groups in total. The van der Waals surface area contributed by atoms with Gasteiger partial charge in [0.05, 0.1) is 8.07 Å². The summed E-state index contributed by atoms with van der Waals surface area (Å²) in [5.41, 5.74) is 6.93. The third kappa shape index (κ3) is 1.96. The van der Waals surface area contributed by atoms with Crippen LogP contribution < -0.4 is 5.73 Å². The van der Waals surface area contributed by atoms with Crippen LogP contribution in [0.25, 0.3) is 0 Å². The fraction of sp³-hybridized carbons (Fsp3) is 0.556. The van der Waals surface area contributed by atoms with Crippen LogP contribution in [0.2, 0.25) is 19.6 Å². The number of nitrogens with two attached hydrogens (primary N) is 1. The first-order valence-electron chi connectivity index (χ1n) is 4.18. The molecule has 0 spiro atoms. The lowest BCUT2D eigenvalue weighted by Crippen LogP contribution is -2.28. The van der Waals surface area contributed by atoms with Gasteiger partial charge in [-0.2, -0.15) is 0 Å². The molecule has 11 heavy (non-hydrogen) atoms. The molecule has 0 amide bonds. The van der Waals surface area contributed by atoms with Crippen molar-refractivity contribution in [3.8, 4) is 0 Å². The first kappa shape index (κ1) is 8.59. The zero-order chi connectivity index (χ0) is 8.48. The van der Waals surface area contributed by atoms with Gasteiger partial charge in [-0.1, -0.05) is 31.8 Å². The average molecular weight is 167 g/mol. The van der Waals surface area contributed by atoms with Crippen LogP contribution in [-0.2, 0) is 0 Å². The highest BCUT2D eigenvalue weighted by Crippen LogP contribution is 2.24. The van der Waals surface area contributed by atoms with Crippen LogP contribution in [-0.4, -0.2) is 8.07 Å². The molecule has 0 aromatic heterocycles. The third-order valence-electron chi connectivity index (χ3n) is 2.00. The standard InChI is InChI=1S/C9H17NSi/c1-11(2,3)9-7-5-4-6-8(9)10/h6-7H,4-5,10H2,1-3H3. The van der Waals surface area contributed by atoms with Crippen LogP contribution in [0.3, 0.4) is 0 Å². The van der Waals surface area contributed by atoms with E-state index >= 15 is 0 Å². The lowest BCUT2D eigenvalue weighted by molar-refractivity contribution is 0.999. The van der Waals surface area contributed by atoms with Crippen LogP contribution in [0.4, 0.5) is 0 Å². The van der Waals surface area contributed by atoms with Gasteiger partial charge < -0.3 is 5.73 Å². The smallest absolute Gasteiger partial charge is 0.0798 e. The summed E-state index contributed by atoms with van der Waals surface area (Å²) in [5.74, 6) is 0. The molecule has 1 rings (SSSR count). The lowest BCUT2D eigenvalue weighted by atomic mass is 10.1. The zero-order valence-corrected chi connectivity index (χ0v) is 8.65. The molecule has 0 fully saturated rings. The quantitative estimate of drug-likeness (QED) is 0.596. The van der Waals surface area contributed by atoms with E-state index in [1.807, 2.05) is 0 Å². The van der Waals surface area contributed by atoms with Gasteiger partial charge in [-0.25, -0.2) is 0 Å². The van der Waals surface area contributed by atoms with Gasteiger partial charge in [0.15, 0.2) is 0 Å². The Morgan fingerprint density at radius 3 is 2.09 bits per heavy atom. The molecule has 0 radical (unpaired) electrons. The summed E-state index contributed by atoms with van der Waals surface area (Å²) in [6, 6.07) is 0. The third-order valence-corrected chi connectivity index (χ3v) is 4.11. The van der Waals surface area contributed by atoms with Crippen molar-refractivity contribution in [1.29, 1.82) is 0 Å². The summed E-state index contributed by atoms with van der Waals surface area (Å²) in [6.07, 6.45) is 6.79. The van der Waals surface area contributed by atoms with Crippen LogP contribution >= 0.6 is 0 Å². The van der Waals surface area contributed by atoms with E-state index in [2.05, 4.69) is 31.8 Å². The SMILES string of the molecule is C[Si](C)(C)C1=CCCC=C1N. The molecule has 2 heteroatoms. The maximum absolute atomic E-state index is 5.89. The Hall–Kier alpha value is -0.503. The van der Waals surface area contributed by atoms with E-state index in [0.717, 1.165) is 12.1 Å². The van der Waals surface area contributed by atoms with Crippen molar-refractivity contribution in [3.05, 3.63) is 23.0 Å². The van der Waals surface area contributed by atoms with Crippen LogP contribution in [0.1, 0.15) is 12.8 Å². The minimum Gasteiger partial charge on any atom is -0.399 e. The Morgan fingerprint density at radius 2 is 1.73 bits per heavy atom. The number of hydrogen-bond acceptors (Lipinski definition) is 1. The summed E-state index contributed by atoms with van der Waals surface area (Å²) in [7, 11) is -1.15. The highest BCUT2D eigenvalue weighted by atomic mass is 28.3. The van der Waals surface area contributed by atoms with Gasteiger partial charge in [-0.05, 0) is 18.0 Å². The van der Waals surface area contributed by atoms with E-state index in [1.54, 1.807) is 0 Å². The number of rotatable bonds is 1. The van der Waals surface area contributed by atoms with Crippen molar-refractivity contribution in [1.82, 2.24) is 0 Å². The number of hydrogen-bond donors (Lipinski definition) is 1. The maximum atomic E-state index is 5.89. The Balaban J connectivity index is 2.87. The van der Waals surface area contributed by atoms with Crippen LogP contribution in [0, 0.1) is 0 Å². The Morgan fingerprint density at radius 1 is 1.18 bits per heavy atom. The molecule has 1 nitrogen and oxygen atoms in total. The molecule has 0 saturated heterocycles. The van der Waals surface area contributed by atoms with Gasteiger partial charge in [0.1, 0.15) is 0 Å². The second kappa shape index (κ2) is 2.86. The second-order valence-corrected chi connectivity index (χ2v) is 9.14. The van der Waals surface area contributed by atoms with E-state index in [4.69, 9.17) is 5.73 Å². The van der Waals surface area contributed by atoms with Crippen LogP contribution in [0.5, 0.6) is 0 Å². The average Bonchev–Trinajstić information content (AvgIpc) is 1.86. The Bertz CT molecular complexity index is 208. The topological polar surface area (TPSA) is 26.0 Å². The monoisotopic (exact) mass is 167 g/mol. The highest BCUT2D eigenvalue weighted by Gasteiger charge is 2.21. The van der Waals surface area contributed by atoms with Gasteiger partial charge in [0.25, 0.3) is 0 Å². The molecule has 0 atom stereocenters. The van der Waals surface area contributed by atoms with Crippen molar-refractivity contribution in [3.63, 3.8) is 0 Å². The lowest BCUT2D eigenvalue weighted by Gasteiger charge is -2.23. The molecule has 1 aliphatic rings. The van der Waals surface area contributed by atoms with E-state index in [1.165, 1.54) is 11.6 Å². The minimum absolute atomic E-state index is 1.04. The van der Waals surface area contributed by atoms with E-state index in [0.29, 0.717) is 0 Å². The molecule has 1 aliphatic carbocycles. The molecule has 0 aromatic rings. The Labute approximate surface area is 70.0 Å². The summed E-state index contributed by atoms with van der Waals surface area (Å²) in [5, 5.41) is 1.45. The molecule has 0 bridgehead atoms. The van der Waals surface area contributed by atoms with Crippen molar-refractivity contribution >= 4 is 8.07 Å². The predicted molar refractivity (Wildman–Crippen MR) is 52.9 cm³/mol. The van der Waals surface area contributed by atoms with Crippen LogP contribution in [0.15, 0.2) is 23.0 Å². The van der Waals surface area contributed by atoms with Crippen molar-refractivity contribution in [2.75, 3.05) is 0 Å². The van der Waals surface area contributed by atoms with E-state index < -0.39 is 8.07 Å². The van der Waals surface area contributed by atoms with Gasteiger partial charge in [0, 0.05) is 5.70 Å². The normalized spacial score (nSPS) is 19.2. The van der Waals surface area contributed by atoms with E-state index in [9.17, 15) is 0 Å². The second-order valence-electron chi connectivity index (χ2n) is 4.10. The first-order valence-corrected chi connectivity index (χ1v) is 7.68. The summed E-state index contributed by atoms with van der Waals surface area (Å²) >= 11 is 0. The van der Waals surface area contributed by atoms with E-state index in [-0.39, 0.29) is 0 Å². The van der Waals surface area contributed by atoms with Crippen molar-refractivity contribution in [2.24, 2.45) is 5.73 Å². The molecule has 0 unspecified atom stereocenters.